The Balaban J connectivity index is 2.07. The zero-order chi connectivity index (χ0) is 16.1. The Bertz CT molecular complexity index is 703. The van der Waals surface area contributed by atoms with Gasteiger partial charge in [-0.25, -0.2) is 5.43 Å². The zero-order valence-corrected chi connectivity index (χ0v) is 13.3. The number of hydrogen-bond donors (Lipinski definition) is 2. The van der Waals surface area contributed by atoms with Crippen molar-refractivity contribution < 1.29 is 9.90 Å². The van der Waals surface area contributed by atoms with Gasteiger partial charge in [-0.2, -0.15) is 5.10 Å². The first-order valence-electron chi connectivity index (χ1n) is 6.51. The van der Waals surface area contributed by atoms with Crippen molar-refractivity contribution in [1.29, 1.82) is 0 Å². The van der Waals surface area contributed by atoms with Crippen molar-refractivity contribution in [3.8, 4) is 0 Å². The molecular weight excluding hydrogens is 323 g/mol. The molecule has 2 aromatic rings. The lowest BCUT2D eigenvalue weighted by atomic mass is 10.1. The summed E-state index contributed by atoms with van der Waals surface area (Å²) in [5, 5.41) is 14.8. The summed E-state index contributed by atoms with van der Waals surface area (Å²) in [6.45, 7) is 1.72. The molecule has 2 rings (SSSR count). The number of rotatable bonds is 4. The molecule has 4 nitrogen and oxygen atoms in total. The normalized spacial score (nSPS) is 12.8. The van der Waals surface area contributed by atoms with Crippen LogP contribution in [0.3, 0.4) is 0 Å². The van der Waals surface area contributed by atoms with Crippen LogP contribution in [0.25, 0.3) is 0 Å². The standard InChI is InChI=1S/C16H14Cl2N2O2/c1-10(12-7-8-13(17)14(18)9-12)19-20-16(22)15(21)11-5-3-2-4-6-11/h2-9,15,21H,1H3,(H,20,22)/b19-10-. The minimum absolute atomic E-state index is 0.407. The predicted octanol–water partition coefficient (Wildman–Crippen LogP) is 3.57. The summed E-state index contributed by atoms with van der Waals surface area (Å²) in [4.78, 5) is 11.9. The first-order valence-corrected chi connectivity index (χ1v) is 7.27. The lowest BCUT2D eigenvalue weighted by Crippen LogP contribution is -2.26. The third-order valence-corrected chi connectivity index (χ3v) is 3.77. The molecule has 114 valence electrons. The number of aliphatic hydroxyl groups excluding tert-OH is 1. The van der Waals surface area contributed by atoms with E-state index in [2.05, 4.69) is 10.5 Å². The maximum atomic E-state index is 11.9. The fourth-order valence-corrected chi connectivity index (χ4v) is 2.07. The van der Waals surface area contributed by atoms with Gasteiger partial charge in [-0.1, -0.05) is 59.6 Å². The Morgan fingerprint density at radius 1 is 1.14 bits per heavy atom. The number of nitrogens with one attached hydrogen (secondary N) is 1. The van der Waals surface area contributed by atoms with Crippen LogP contribution in [0.2, 0.25) is 10.0 Å². The van der Waals surface area contributed by atoms with Crippen LogP contribution in [0.15, 0.2) is 53.6 Å². The molecule has 0 bridgehead atoms. The number of hydrazone groups is 1. The summed E-state index contributed by atoms with van der Waals surface area (Å²) in [7, 11) is 0. The molecule has 0 aliphatic carbocycles. The second-order valence-corrected chi connectivity index (χ2v) is 5.43. The lowest BCUT2D eigenvalue weighted by Gasteiger charge is -2.09. The fraction of sp³-hybridized carbons (Fsp3) is 0.125. The molecule has 0 saturated heterocycles. The molecule has 0 spiro atoms. The van der Waals surface area contributed by atoms with E-state index in [9.17, 15) is 9.90 Å². The Morgan fingerprint density at radius 3 is 2.45 bits per heavy atom. The summed E-state index contributed by atoms with van der Waals surface area (Å²) in [6, 6.07) is 13.7. The molecule has 0 saturated carbocycles. The Kier molecular flexibility index (Phi) is 5.55. The smallest absolute Gasteiger partial charge is 0.273 e. The summed E-state index contributed by atoms with van der Waals surface area (Å²) in [5.74, 6) is -0.606. The molecule has 1 unspecified atom stereocenters. The van der Waals surface area contributed by atoms with E-state index in [0.29, 0.717) is 21.3 Å². The number of carbonyl (C=O) groups is 1. The van der Waals surface area contributed by atoms with Crippen LogP contribution in [-0.2, 0) is 4.79 Å². The lowest BCUT2D eigenvalue weighted by molar-refractivity contribution is -0.129. The third kappa shape index (κ3) is 4.07. The van der Waals surface area contributed by atoms with E-state index in [1.54, 1.807) is 55.5 Å². The molecule has 2 aromatic carbocycles. The van der Waals surface area contributed by atoms with Gasteiger partial charge in [0, 0.05) is 0 Å². The molecule has 1 atom stereocenters. The molecule has 0 aromatic heterocycles. The molecule has 6 heteroatoms. The highest BCUT2D eigenvalue weighted by Gasteiger charge is 2.16. The van der Waals surface area contributed by atoms with Crippen molar-refractivity contribution in [2.24, 2.45) is 5.10 Å². The SMILES string of the molecule is C/C(=N/NC(=O)C(O)c1ccccc1)c1ccc(Cl)c(Cl)c1. The number of amides is 1. The quantitative estimate of drug-likeness (QED) is 0.662. The van der Waals surface area contributed by atoms with E-state index >= 15 is 0 Å². The molecule has 2 N–H and O–H groups in total. The summed E-state index contributed by atoms with van der Waals surface area (Å²) < 4.78 is 0. The van der Waals surface area contributed by atoms with E-state index in [-0.39, 0.29) is 0 Å². The highest BCUT2D eigenvalue weighted by Crippen LogP contribution is 2.22. The van der Waals surface area contributed by atoms with Gasteiger partial charge in [0.1, 0.15) is 0 Å². The highest BCUT2D eigenvalue weighted by molar-refractivity contribution is 6.42. The highest BCUT2D eigenvalue weighted by atomic mass is 35.5. The van der Waals surface area contributed by atoms with Crippen molar-refractivity contribution in [3.05, 3.63) is 69.7 Å². The number of carbonyl (C=O) groups excluding carboxylic acids is 1. The summed E-state index contributed by atoms with van der Waals surface area (Å²) in [6.07, 6.45) is -1.27. The number of benzene rings is 2. The topological polar surface area (TPSA) is 61.7 Å². The average Bonchev–Trinajstić information content (AvgIpc) is 2.54. The van der Waals surface area contributed by atoms with Crippen LogP contribution in [0, 0.1) is 0 Å². The fourth-order valence-electron chi connectivity index (χ4n) is 1.77. The van der Waals surface area contributed by atoms with E-state index in [1.807, 2.05) is 0 Å². The van der Waals surface area contributed by atoms with Gasteiger partial charge in [0.2, 0.25) is 0 Å². The van der Waals surface area contributed by atoms with Crippen molar-refractivity contribution in [1.82, 2.24) is 5.43 Å². The number of aliphatic hydroxyl groups is 1. The second kappa shape index (κ2) is 7.40. The van der Waals surface area contributed by atoms with Gasteiger partial charge in [-0.3, -0.25) is 4.79 Å². The molecule has 1 amide bonds. The number of halogens is 2. The van der Waals surface area contributed by atoms with Crippen molar-refractivity contribution in [2.45, 2.75) is 13.0 Å². The monoisotopic (exact) mass is 336 g/mol. The Labute approximate surface area is 138 Å². The van der Waals surface area contributed by atoms with Gasteiger partial charge < -0.3 is 5.11 Å². The minimum atomic E-state index is -1.27. The first-order chi connectivity index (χ1) is 10.5. The van der Waals surface area contributed by atoms with Gasteiger partial charge in [-0.15, -0.1) is 0 Å². The van der Waals surface area contributed by atoms with Crippen LogP contribution in [-0.4, -0.2) is 16.7 Å². The molecule has 22 heavy (non-hydrogen) atoms. The van der Waals surface area contributed by atoms with Crippen LogP contribution >= 0.6 is 23.2 Å². The van der Waals surface area contributed by atoms with Gasteiger partial charge in [0.05, 0.1) is 15.8 Å². The molecular formula is C16H14Cl2N2O2. The molecule has 0 aliphatic heterocycles. The van der Waals surface area contributed by atoms with Crippen LogP contribution in [0.5, 0.6) is 0 Å². The van der Waals surface area contributed by atoms with E-state index in [1.165, 1.54) is 0 Å². The predicted molar refractivity (Wildman–Crippen MR) is 88.2 cm³/mol. The summed E-state index contributed by atoms with van der Waals surface area (Å²) >= 11 is 11.8. The third-order valence-electron chi connectivity index (χ3n) is 3.03. The van der Waals surface area contributed by atoms with E-state index in [0.717, 1.165) is 5.56 Å². The molecule has 0 heterocycles. The molecule has 0 aliphatic rings. The van der Waals surface area contributed by atoms with Gasteiger partial charge in [0.15, 0.2) is 6.10 Å². The minimum Gasteiger partial charge on any atom is -0.378 e. The molecule has 0 fully saturated rings. The van der Waals surface area contributed by atoms with Crippen molar-refractivity contribution in [3.63, 3.8) is 0 Å². The maximum Gasteiger partial charge on any atom is 0.273 e. The second-order valence-electron chi connectivity index (χ2n) is 4.62. The van der Waals surface area contributed by atoms with Gasteiger partial charge in [-0.05, 0) is 30.2 Å². The van der Waals surface area contributed by atoms with E-state index in [4.69, 9.17) is 23.2 Å². The average molecular weight is 337 g/mol. The van der Waals surface area contributed by atoms with Gasteiger partial charge in [0.25, 0.3) is 5.91 Å². The largest absolute Gasteiger partial charge is 0.378 e. The number of nitrogens with zero attached hydrogens (tertiary/aromatic N) is 1. The molecule has 0 radical (unpaired) electrons. The van der Waals surface area contributed by atoms with Gasteiger partial charge >= 0.3 is 0 Å². The Hall–Kier alpha value is -1.88. The van der Waals surface area contributed by atoms with Crippen molar-refractivity contribution >= 4 is 34.8 Å². The zero-order valence-electron chi connectivity index (χ0n) is 11.8. The van der Waals surface area contributed by atoms with Crippen LogP contribution in [0.1, 0.15) is 24.2 Å². The van der Waals surface area contributed by atoms with Crippen LogP contribution < -0.4 is 5.43 Å². The van der Waals surface area contributed by atoms with Crippen molar-refractivity contribution in [2.75, 3.05) is 0 Å². The number of hydrogen-bond acceptors (Lipinski definition) is 3. The van der Waals surface area contributed by atoms with E-state index < -0.39 is 12.0 Å². The van der Waals surface area contributed by atoms with Crippen LogP contribution in [0.4, 0.5) is 0 Å². The summed E-state index contributed by atoms with van der Waals surface area (Å²) in [5.41, 5.74) is 4.11. The Morgan fingerprint density at radius 2 is 1.82 bits per heavy atom. The first kappa shape index (κ1) is 16.5. The maximum absolute atomic E-state index is 11.9.